The van der Waals surface area contributed by atoms with Gasteiger partial charge in [-0.15, -0.1) is 0 Å². The maximum absolute atomic E-state index is 13.0. The number of ether oxygens (including phenoxy) is 1. The van der Waals surface area contributed by atoms with Crippen LogP contribution in [0.1, 0.15) is 36.5 Å². The van der Waals surface area contributed by atoms with Crippen molar-refractivity contribution < 1.29 is 14.3 Å². The molecule has 26 heavy (non-hydrogen) atoms. The van der Waals surface area contributed by atoms with E-state index < -0.39 is 0 Å². The molecule has 1 unspecified atom stereocenters. The van der Waals surface area contributed by atoms with Gasteiger partial charge in [-0.25, -0.2) is 4.79 Å². The van der Waals surface area contributed by atoms with Gasteiger partial charge in [-0.1, -0.05) is 25.1 Å². The molecule has 0 bridgehead atoms. The van der Waals surface area contributed by atoms with Gasteiger partial charge in [-0.3, -0.25) is 9.69 Å². The normalized spacial score (nSPS) is 21.5. The number of rotatable bonds is 3. The number of aryl methyl sites for hydroxylation is 1. The number of aromatic nitrogens is 1. The highest BCUT2D eigenvalue weighted by atomic mass is 16.6. The lowest BCUT2D eigenvalue weighted by atomic mass is 10.0. The number of hydrogen-bond acceptors (Lipinski definition) is 3. The van der Waals surface area contributed by atoms with Gasteiger partial charge in [0.15, 0.2) is 0 Å². The number of carbonyl (C=O) groups excluding carboxylic acids is 2. The molecular weight excluding hydrogens is 330 g/mol. The van der Waals surface area contributed by atoms with E-state index in [-0.39, 0.29) is 24.1 Å². The fourth-order valence-corrected chi connectivity index (χ4v) is 4.26. The monoisotopic (exact) mass is 355 g/mol. The van der Waals surface area contributed by atoms with Gasteiger partial charge < -0.3 is 14.2 Å². The van der Waals surface area contributed by atoms with Crippen molar-refractivity contribution in [3.05, 3.63) is 36.0 Å². The van der Waals surface area contributed by atoms with E-state index in [0.717, 1.165) is 35.7 Å². The fraction of sp³-hybridized carbons (Fsp3) is 0.500. The summed E-state index contributed by atoms with van der Waals surface area (Å²) in [6.45, 7) is 3.92. The molecule has 0 N–H and O–H groups in total. The number of para-hydroxylation sites is 1. The molecule has 2 saturated heterocycles. The average molecular weight is 355 g/mol. The molecule has 4 rings (SSSR count). The first-order chi connectivity index (χ1) is 12.6. The third-order valence-electron chi connectivity index (χ3n) is 5.75. The number of piperidine rings is 1. The van der Waals surface area contributed by atoms with Crippen molar-refractivity contribution in [3.63, 3.8) is 0 Å². The molecule has 1 aromatic carbocycles. The largest absolute Gasteiger partial charge is 0.447 e. The minimum absolute atomic E-state index is 0.0799. The highest BCUT2D eigenvalue weighted by molar-refractivity contribution is 6.07. The molecule has 2 aliphatic heterocycles. The van der Waals surface area contributed by atoms with Crippen molar-refractivity contribution in [2.75, 3.05) is 19.7 Å². The van der Waals surface area contributed by atoms with E-state index in [0.29, 0.717) is 19.7 Å². The molecule has 6 nitrogen and oxygen atoms in total. The molecular formula is C20H25N3O3. The van der Waals surface area contributed by atoms with Crippen LogP contribution in [0.5, 0.6) is 0 Å². The second-order valence-corrected chi connectivity index (χ2v) is 7.24. The topological polar surface area (TPSA) is 54.8 Å². The van der Waals surface area contributed by atoms with Gasteiger partial charge in [0.25, 0.3) is 5.91 Å². The number of carbonyl (C=O) groups is 2. The molecule has 2 aromatic rings. The van der Waals surface area contributed by atoms with Crippen LogP contribution >= 0.6 is 0 Å². The van der Waals surface area contributed by atoms with Crippen molar-refractivity contribution in [2.45, 2.75) is 38.3 Å². The minimum Gasteiger partial charge on any atom is -0.447 e. The van der Waals surface area contributed by atoms with Crippen molar-refractivity contribution in [3.8, 4) is 0 Å². The average Bonchev–Trinajstić information content (AvgIpc) is 3.21. The Morgan fingerprint density at radius 1 is 1.23 bits per heavy atom. The number of nitrogens with zero attached hydrogens (tertiary/aromatic N) is 3. The van der Waals surface area contributed by atoms with Gasteiger partial charge in [-0.05, 0) is 25.3 Å². The molecule has 2 amide bonds. The zero-order valence-corrected chi connectivity index (χ0v) is 15.4. The highest BCUT2D eigenvalue weighted by Gasteiger charge is 2.39. The van der Waals surface area contributed by atoms with Crippen LogP contribution in [0.15, 0.2) is 30.5 Å². The third-order valence-corrected chi connectivity index (χ3v) is 5.75. The van der Waals surface area contributed by atoms with E-state index in [4.69, 9.17) is 4.74 Å². The smallest absolute Gasteiger partial charge is 0.410 e. The Bertz CT molecular complexity index is 836. The lowest BCUT2D eigenvalue weighted by Crippen LogP contribution is -2.49. The number of likely N-dealkylation sites (tertiary alicyclic amines) is 1. The second-order valence-electron chi connectivity index (χ2n) is 7.24. The molecule has 1 aromatic heterocycles. The lowest BCUT2D eigenvalue weighted by Gasteiger charge is -2.37. The van der Waals surface area contributed by atoms with Crippen LogP contribution in [-0.2, 0) is 11.8 Å². The Morgan fingerprint density at radius 3 is 2.69 bits per heavy atom. The zero-order valence-electron chi connectivity index (χ0n) is 15.4. The number of benzene rings is 1. The molecule has 2 fully saturated rings. The van der Waals surface area contributed by atoms with E-state index in [2.05, 4.69) is 6.92 Å². The maximum Gasteiger partial charge on any atom is 0.410 e. The van der Waals surface area contributed by atoms with Crippen molar-refractivity contribution >= 4 is 22.9 Å². The first-order valence-corrected chi connectivity index (χ1v) is 9.38. The first kappa shape index (κ1) is 16.9. The molecule has 0 aliphatic carbocycles. The predicted molar refractivity (Wildman–Crippen MR) is 99.1 cm³/mol. The van der Waals surface area contributed by atoms with Crippen molar-refractivity contribution in [1.82, 2.24) is 14.4 Å². The Kier molecular flexibility index (Phi) is 4.34. The van der Waals surface area contributed by atoms with E-state index in [1.807, 2.05) is 51.9 Å². The number of fused-ring (bicyclic) bond motifs is 1. The van der Waals surface area contributed by atoms with Crippen LogP contribution in [0.3, 0.4) is 0 Å². The summed E-state index contributed by atoms with van der Waals surface area (Å²) in [7, 11) is 1.97. The molecule has 0 radical (unpaired) electrons. The number of cyclic esters (lactones) is 1. The Morgan fingerprint density at radius 2 is 1.96 bits per heavy atom. The Balaban J connectivity index is 1.48. The van der Waals surface area contributed by atoms with Gasteiger partial charge in [0, 0.05) is 43.3 Å². The Labute approximate surface area is 153 Å². The SMILES string of the molecule is CCC1COC(=O)N1C1CCN(C(=O)c2cn(C)c3ccccc23)CC1. The second kappa shape index (κ2) is 6.67. The first-order valence-electron chi connectivity index (χ1n) is 9.38. The van der Waals surface area contributed by atoms with Crippen LogP contribution in [0.2, 0.25) is 0 Å². The van der Waals surface area contributed by atoms with Gasteiger partial charge in [-0.2, -0.15) is 0 Å². The predicted octanol–water partition coefficient (Wildman–Crippen LogP) is 3.01. The maximum atomic E-state index is 13.0. The quantitative estimate of drug-likeness (QED) is 0.850. The summed E-state index contributed by atoms with van der Waals surface area (Å²) in [4.78, 5) is 28.9. The summed E-state index contributed by atoms with van der Waals surface area (Å²) < 4.78 is 7.22. The fourth-order valence-electron chi connectivity index (χ4n) is 4.26. The minimum atomic E-state index is -0.198. The molecule has 3 heterocycles. The van der Waals surface area contributed by atoms with E-state index in [1.165, 1.54) is 0 Å². The molecule has 138 valence electrons. The number of amides is 2. The summed E-state index contributed by atoms with van der Waals surface area (Å²) in [5.74, 6) is 0.0799. The van der Waals surface area contributed by atoms with E-state index >= 15 is 0 Å². The summed E-state index contributed by atoms with van der Waals surface area (Å²) in [6, 6.07) is 8.33. The van der Waals surface area contributed by atoms with Gasteiger partial charge >= 0.3 is 6.09 Å². The van der Waals surface area contributed by atoms with Crippen molar-refractivity contribution in [1.29, 1.82) is 0 Å². The van der Waals surface area contributed by atoms with Crippen LogP contribution in [0.4, 0.5) is 4.79 Å². The Hall–Kier alpha value is -2.50. The van der Waals surface area contributed by atoms with Crippen LogP contribution in [-0.4, -0.2) is 58.1 Å². The zero-order chi connectivity index (χ0) is 18.3. The standard InChI is InChI=1S/C20H25N3O3/c1-3-14-13-26-20(25)23(14)15-8-10-22(11-9-15)19(24)17-12-21(2)18-7-5-4-6-16(17)18/h4-7,12,14-15H,3,8-11,13H2,1-2H3. The molecule has 0 saturated carbocycles. The summed E-state index contributed by atoms with van der Waals surface area (Å²) in [5.41, 5.74) is 1.82. The molecule has 6 heteroatoms. The van der Waals surface area contributed by atoms with Crippen LogP contribution < -0.4 is 0 Å². The van der Waals surface area contributed by atoms with Gasteiger partial charge in [0.05, 0.1) is 11.6 Å². The van der Waals surface area contributed by atoms with Crippen molar-refractivity contribution in [2.24, 2.45) is 7.05 Å². The van der Waals surface area contributed by atoms with Crippen LogP contribution in [0, 0.1) is 0 Å². The third kappa shape index (κ3) is 2.73. The molecule has 2 aliphatic rings. The van der Waals surface area contributed by atoms with E-state index in [1.54, 1.807) is 0 Å². The number of hydrogen-bond donors (Lipinski definition) is 0. The summed E-state index contributed by atoms with van der Waals surface area (Å²) >= 11 is 0. The van der Waals surface area contributed by atoms with E-state index in [9.17, 15) is 9.59 Å². The molecule has 1 atom stereocenters. The highest BCUT2D eigenvalue weighted by Crippen LogP contribution is 2.27. The van der Waals surface area contributed by atoms with Crippen LogP contribution in [0.25, 0.3) is 10.9 Å². The summed E-state index contributed by atoms with van der Waals surface area (Å²) in [5, 5.41) is 0.997. The lowest BCUT2D eigenvalue weighted by molar-refractivity contribution is 0.0637. The molecule has 0 spiro atoms. The summed E-state index contributed by atoms with van der Waals surface area (Å²) in [6.07, 6.45) is 4.24. The van der Waals surface area contributed by atoms with Gasteiger partial charge in [0.1, 0.15) is 6.61 Å². The van der Waals surface area contributed by atoms with Gasteiger partial charge in [0.2, 0.25) is 0 Å².